The van der Waals surface area contributed by atoms with Crippen molar-refractivity contribution in [1.82, 2.24) is 10.2 Å². The quantitative estimate of drug-likeness (QED) is 0.262. The van der Waals surface area contributed by atoms with Crippen LogP contribution < -0.4 is 14.8 Å². The number of halogens is 1. The number of allylic oxidation sites excluding steroid dienone is 1. The Labute approximate surface area is 215 Å². The lowest BCUT2D eigenvalue weighted by Crippen LogP contribution is -2.43. The predicted octanol–water partition coefficient (Wildman–Crippen LogP) is 5.76. The Hall–Kier alpha value is -2.08. The van der Waals surface area contributed by atoms with Crippen molar-refractivity contribution < 1.29 is 18.7 Å². The molecule has 2 aliphatic heterocycles. The molecule has 4 aliphatic rings. The van der Waals surface area contributed by atoms with Crippen molar-refractivity contribution in [2.45, 2.75) is 101 Å². The molecule has 36 heavy (non-hydrogen) atoms. The molecular weight excluding hydrogens is 455 g/mol. The van der Waals surface area contributed by atoms with Gasteiger partial charge in [-0.25, -0.2) is 4.39 Å². The molecule has 0 bridgehead atoms. The Balaban J connectivity index is 1.08. The fourth-order valence-electron chi connectivity index (χ4n) is 6.37. The summed E-state index contributed by atoms with van der Waals surface area (Å²) in [5.41, 5.74) is -0.0210. The van der Waals surface area contributed by atoms with Crippen molar-refractivity contribution in [2.24, 2.45) is 5.92 Å². The molecule has 6 heteroatoms. The highest BCUT2D eigenvalue weighted by atomic mass is 19.1. The van der Waals surface area contributed by atoms with Crippen LogP contribution in [0.2, 0.25) is 0 Å². The number of fused-ring (bicyclic) bond motifs is 1. The molecule has 1 amide bonds. The fourth-order valence-corrected chi connectivity index (χ4v) is 6.37. The number of rotatable bonds is 14. The summed E-state index contributed by atoms with van der Waals surface area (Å²) >= 11 is 0. The van der Waals surface area contributed by atoms with Crippen LogP contribution >= 0.6 is 0 Å². The average Bonchev–Trinajstić information content (AvgIpc) is 3.80. The van der Waals surface area contributed by atoms with Gasteiger partial charge in [0.15, 0.2) is 11.5 Å². The SMILES string of the molecule is C=C[C@](F)(CCCCCC(=O)NC1(CCCc2ccc3c(c2)OCCO3)CC1N1CCCC1)C1CC1. The molecule has 5 rings (SSSR count). The van der Waals surface area contributed by atoms with Crippen molar-refractivity contribution in [3.05, 3.63) is 36.4 Å². The van der Waals surface area contributed by atoms with Crippen LogP contribution in [0.15, 0.2) is 30.9 Å². The third kappa shape index (κ3) is 6.07. The lowest BCUT2D eigenvalue weighted by molar-refractivity contribution is -0.122. The number of aryl methyl sites for hydroxylation is 1. The van der Waals surface area contributed by atoms with E-state index in [9.17, 15) is 9.18 Å². The Bertz CT molecular complexity index is 929. The number of hydrogen-bond donors (Lipinski definition) is 1. The van der Waals surface area contributed by atoms with Crippen molar-refractivity contribution in [2.75, 3.05) is 26.3 Å². The Kier molecular flexibility index (Phi) is 7.90. The molecule has 2 aliphatic carbocycles. The van der Waals surface area contributed by atoms with Crippen molar-refractivity contribution in [3.8, 4) is 11.5 Å². The van der Waals surface area contributed by atoms with Crippen molar-refractivity contribution >= 4 is 5.91 Å². The number of carbonyl (C=O) groups is 1. The van der Waals surface area contributed by atoms with Crippen LogP contribution in [0.5, 0.6) is 11.5 Å². The lowest BCUT2D eigenvalue weighted by atomic mass is 9.93. The average molecular weight is 499 g/mol. The van der Waals surface area contributed by atoms with Crippen LogP contribution in [0, 0.1) is 5.92 Å². The summed E-state index contributed by atoms with van der Waals surface area (Å²) in [7, 11) is 0. The first kappa shape index (κ1) is 25.6. The zero-order valence-electron chi connectivity index (χ0n) is 21.7. The van der Waals surface area contributed by atoms with Crippen LogP contribution in [0.25, 0.3) is 0 Å². The monoisotopic (exact) mass is 498 g/mol. The second kappa shape index (κ2) is 11.1. The highest BCUT2D eigenvalue weighted by Gasteiger charge is 2.57. The fraction of sp³-hybridized carbons (Fsp3) is 0.700. The molecule has 2 saturated carbocycles. The molecule has 3 fully saturated rings. The van der Waals surface area contributed by atoms with Gasteiger partial charge in [0.1, 0.15) is 18.9 Å². The van der Waals surface area contributed by atoms with Gasteiger partial charge in [0.2, 0.25) is 5.91 Å². The van der Waals surface area contributed by atoms with E-state index in [4.69, 9.17) is 9.47 Å². The topological polar surface area (TPSA) is 50.8 Å². The van der Waals surface area contributed by atoms with Gasteiger partial charge >= 0.3 is 0 Å². The summed E-state index contributed by atoms with van der Waals surface area (Å²) in [6.45, 7) is 7.23. The van der Waals surface area contributed by atoms with Gasteiger partial charge in [0.05, 0.1) is 5.54 Å². The van der Waals surface area contributed by atoms with E-state index < -0.39 is 5.67 Å². The number of nitrogens with one attached hydrogen (secondary N) is 1. The number of alkyl halides is 1. The first-order valence-corrected chi connectivity index (χ1v) is 14.3. The van der Waals surface area contributed by atoms with Crippen molar-refractivity contribution in [3.63, 3.8) is 0 Å². The highest BCUT2D eigenvalue weighted by Crippen LogP contribution is 2.47. The first-order valence-electron chi connectivity index (χ1n) is 14.3. The number of hydrogen-bond acceptors (Lipinski definition) is 4. The van der Waals surface area contributed by atoms with Gasteiger partial charge in [-0.05, 0) is 107 Å². The number of unbranched alkanes of at least 4 members (excludes halogenated alkanes) is 2. The molecule has 0 spiro atoms. The molecule has 0 radical (unpaired) electrons. The van der Waals surface area contributed by atoms with Gasteiger partial charge in [-0.3, -0.25) is 9.69 Å². The molecule has 2 heterocycles. The Morgan fingerprint density at radius 1 is 1.14 bits per heavy atom. The number of nitrogens with zero attached hydrogens (tertiary/aromatic N) is 1. The summed E-state index contributed by atoms with van der Waals surface area (Å²) in [6.07, 6.45) is 13.7. The molecule has 3 atom stereocenters. The normalized spacial score (nSPS) is 26.9. The Morgan fingerprint density at radius 3 is 2.67 bits per heavy atom. The maximum Gasteiger partial charge on any atom is 0.220 e. The van der Waals surface area contributed by atoms with E-state index in [2.05, 4.69) is 28.9 Å². The minimum Gasteiger partial charge on any atom is -0.486 e. The zero-order chi connectivity index (χ0) is 25.0. The van der Waals surface area contributed by atoms with Gasteiger partial charge in [-0.2, -0.15) is 0 Å². The summed E-state index contributed by atoms with van der Waals surface area (Å²) in [5, 5.41) is 3.46. The molecule has 1 aromatic carbocycles. The molecule has 1 aromatic rings. The highest BCUT2D eigenvalue weighted by molar-refractivity contribution is 5.77. The minimum atomic E-state index is -1.19. The Morgan fingerprint density at radius 2 is 1.92 bits per heavy atom. The predicted molar refractivity (Wildman–Crippen MR) is 140 cm³/mol. The largest absolute Gasteiger partial charge is 0.486 e. The van der Waals surface area contributed by atoms with E-state index in [-0.39, 0.29) is 17.4 Å². The standard InChI is InChI=1S/C30H43FN2O3/c1-2-29(31,24-12-13-24)15-5-3-4-10-28(34)32-30(22-27(30)33-17-6-7-18-33)16-8-9-23-11-14-25-26(21-23)36-20-19-35-25/h2,11,14,21,24,27H,1,3-10,12-13,15-20,22H2,(H,32,34)/t27?,29-,30?/m0/s1. The van der Waals surface area contributed by atoms with Crippen molar-refractivity contribution in [1.29, 1.82) is 0 Å². The summed E-state index contributed by atoms with van der Waals surface area (Å²) in [6, 6.07) is 6.72. The van der Waals surface area contributed by atoms with Gasteiger partial charge in [-0.15, -0.1) is 0 Å². The summed E-state index contributed by atoms with van der Waals surface area (Å²) in [4.78, 5) is 15.5. The third-order valence-corrected chi connectivity index (χ3v) is 8.76. The maximum absolute atomic E-state index is 14.8. The van der Waals surface area contributed by atoms with Gasteiger partial charge in [0.25, 0.3) is 0 Å². The van der Waals surface area contributed by atoms with Crippen LogP contribution in [-0.2, 0) is 11.2 Å². The van der Waals surface area contributed by atoms with Crippen LogP contribution in [0.4, 0.5) is 4.39 Å². The zero-order valence-corrected chi connectivity index (χ0v) is 21.7. The summed E-state index contributed by atoms with van der Waals surface area (Å²) in [5.74, 6) is 2.02. The number of benzene rings is 1. The molecular formula is C30H43FN2O3. The maximum atomic E-state index is 14.8. The van der Waals surface area contributed by atoms with Crippen LogP contribution in [0.3, 0.4) is 0 Å². The number of ether oxygens (including phenoxy) is 2. The molecule has 5 nitrogen and oxygen atoms in total. The smallest absolute Gasteiger partial charge is 0.220 e. The van der Waals surface area contributed by atoms with Gasteiger partial charge < -0.3 is 14.8 Å². The molecule has 2 unspecified atom stereocenters. The molecule has 198 valence electrons. The van der Waals surface area contributed by atoms with Gasteiger partial charge in [0, 0.05) is 12.5 Å². The second-order valence-electron chi connectivity index (χ2n) is 11.5. The van der Waals surface area contributed by atoms with Crippen LogP contribution in [0.1, 0.15) is 82.6 Å². The van der Waals surface area contributed by atoms with Crippen LogP contribution in [-0.4, -0.2) is 54.4 Å². The van der Waals surface area contributed by atoms with E-state index in [1.54, 1.807) is 0 Å². The van der Waals surface area contributed by atoms with Gasteiger partial charge in [-0.1, -0.05) is 25.1 Å². The molecule has 0 aromatic heterocycles. The number of carbonyl (C=O) groups excluding carboxylic acids is 1. The molecule has 1 N–H and O–H groups in total. The van der Waals surface area contributed by atoms with E-state index in [1.807, 2.05) is 6.07 Å². The number of amides is 1. The molecule has 1 saturated heterocycles. The lowest BCUT2D eigenvalue weighted by Gasteiger charge is -2.24. The van der Waals surface area contributed by atoms with E-state index >= 15 is 0 Å². The third-order valence-electron chi connectivity index (χ3n) is 8.76. The second-order valence-corrected chi connectivity index (χ2v) is 11.5. The first-order chi connectivity index (χ1) is 17.5. The summed E-state index contributed by atoms with van der Waals surface area (Å²) < 4.78 is 26.2. The van der Waals surface area contributed by atoms with E-state index in [0.717, 1.165) is 82.4 Å². The minimum absolute atomic E-state index is 0.0852. The van der Waals surface area contributed by atoms with E-state index in [1.165, 1.54) is 24.5 Å². The van der Waals surface area contributed by atoms with E-state index in [0.29, 0.717) is 32.1 Å². The number of likely N-dealkylation sites (tertiary alicyclic amines) is 1.